The van der Waals surface area contributed by atoms with Crippen LogP contribution in [0.15, 0.2) is 199 Å². The summed E-state index contributed by atoms with van der Waals surface area (Å²) in [6, 6.07) is 67.3. The molecule has 0 radical (unpaired) electrons. The van der Waals surface area contributed by atoms with Crippen molar-refractivity contribution in [3.05, 3.63) is 211 Å². The van der Waals surface area contributed by atoms with Crippen molar-refractivity contribution in [2.75, 3.05) is 0 Å². The Morgan fingerprint density at radius 1 is 0.439 bits per heavy atom. The highest BCUT2D eigenvalue weighted by Crippen LogP contribution is 2.45. The van der Waals surface area contributed by atoms with E-state index in [1.54, 1.807) is 0 Å². The summed E-state index contributed by atoms with van der Waals surface area (Å²) in [6.45, 7) is 0. The molecular formula is C52H36N4O. The topological polar surface area (TPSA) is 47.1 Å². The van der Waals surface area contributed by atoms with Crippen LogP contribution in [0, 0.1) is 0 Å². The van der Waals surface area contributed by atoms with Gasteiger partial charge in [-0.15, -0.1) is 0 Å². The largest absolute Gasteiger partial charge is 0.454 e. The summed E-state index contributed by atoms with van der Waals surface area (Å²) >= 11 is 0. The van der Waals surface area contributed by atoms with E-state index in [1.165, 1.54) is 27.2 Å². The van der Waals surface area contributed by atoms with Crippen LogP contribution in [0.5, 0.6) is 0 Å². The summed E-state index contributed by atoms with van der Waals surface area (Å²) in [7, 11) is 0. The van der Waals surface area contributed by atoms with Gasteiger partial charge in [0.1, 0.15) is 11.7 Å². The second-order valence-corrected chi connectivity index (χ2v) is 15.0. The van der Waals surface area contributed by atoms with Crippen LogP contribution in [0.3, 0.4) is 0 Å². The van der Waals surface area contributed by atoms with Crippen LogP contribution >= 0.6 is 0 Å². The zero-order chi connectivity index (χ0) is 37.5. The van der Waals surface area contributed by atoms with Gasteiger partial charge in [-0.1, -0.05) is 146 Å². The smallest absolute Gasteiger partial charge is 0.160 e. The minimum absolute atomic E-state index is 0.0147. The summed E-state index contributed by atoms with van der Waals surface area (Å²) in [4.78, 5) is 0. The van der Waals surface area contributed by atoms with Crippen LogP contribution in [0.4, 0.5) is 0 Å². The lowest BCUT2D eigenvalue weighted by atomic mass is 9.98. The number of hydrogen-bond acceptors (Lipinski definition) is 3. The third kappa shape index (κ3) is 4.93. The Bertz CT molecular complexity index is 3360. The van der Waals surface area contributed by atoms with Gasteiger partial charge in [0.15, 0.2) is 5.58 Å². The van der Waals surface area contributed by atoms with Gasteiger partial charge in [0.05, 0.1) is 28.1 Å². The number of para-hydroxylation sites is 3. The van der Waals surface area contributed by atoms with Gasteiger partial charge >= 0.3 is 0 Å². The molecule has 0 fully saturated rings. The Morgan fingerprint density at radius 2 is 1.04 bits per heavy atom. The lowest BCUT2D eigenvalue weighted by Crippen LogP contribution is -2.39. The molecule has 4 heterocycles. The highest BCUT2D eigenvalue weighted by molar-refractivity contribution is 6.27. The minimum Gasteiger partial charge on any atom is -0.454 e. The van der Waals surface area contributed by atoms with Crippen molar-refractivity contribution in [3.63, 3.8) is 0 Å². The van der Waals surface area contributed by atoms with Gasteiger partial charge in [0.2, 0.25) is 0 Å². The summed E-state index contributed by atoms with van der Waals surface area (Å²) in [5.74, 6) is 0. The third-order valence-corrected chi connectivity index (χ3v) is 11.8. The van der Waals surface area contributed by atoms with E-state index in [0.29, 0.717) is 0 Å². The molecular weight excluding hydrogens is 697 g/mol. The first-order valence-electron chi connectivity index (χ1n) is 19.6. The number of aromatic nitrogens is 2. The summed E-state index contributed by atoms with van der Waals surface area (Å²) < 4.78 is 11.8. The molecule has 0 bridgehead atoms. The van der Waals surface area contributed by atoms with Crippen molar-refractivity contribution in [1.82, 2.24) is 19.8 Å². The molecule has 2 N–H and O–H groups in total. The molecule has 12 rings (SSSR count). The lowest BCUT2D eigenvalue weighted by molar-refractivity contribution is 0.442. The maximum Gasteiger partial charge on any atom is 0.160 e. The van der Waals surface area contributed by atoms with E-state index in [0.717, 1.165) is 72.1 Å². The number of furan rings is 1. The molecule has 1 aliphatic rings. The van der Waals surface area contributed by atoms with E-state index in [9.17, 15) is 0 Å². The zero-order valence-corrected chi connectivity index (χ0v) is 30.9. The summed E-state index contributed by atoms with van der Waals surface area (Å²) in [5.41, 5.74) is 13.1. The molecule has 270 valence electrons. The predicted octanol–water partition coefficient (Wildman–Crippen LogP) is 12.8. The highest BCUT2D eigenvalue weighted by Gasteiger charge is 2.27. The number of hydrogen-bond donors (Lipinski definition) is 2. The van der Waals surface area contributed by atoms with Crippen LogP contribution < -0.4 is 10.6 Å². The van der Waals surface area contributed by atoms with E-state index in [4.69, 9.17) is 4.42 Å². The molecule has 1 aliphatic heterocycles. The average molecular weight is 733 g/mol. The van der Waals surface area contributed by atoms with Crippen molar-refractivity contribution >= 4 is 71.2 Å². The van der Waals surface area contributed by atoms with Crippen LogP contribution in [-0.2, 0) is 0 Å². The Kier molecular flexibility index (Phi) is 7.06. The van der Waals surface area contributed by atoms with E-state index in [1.807, 2.05) is 6.07 Å². The molecule has 2 unspecified atom stereocenters. The SMILES string of the molecule is C1=C(c2ccccc2)NC(c2cccc(-n3c4c(ccc5c6ccccc6oc54)c4ccc5c6ccccc6n(-c6ccccc6)c5c43)c2)NC1c1ccccc1. The fourth-order valence-electron chi connectivity index (χ4n) is 9.23. The van der Waals surface area contributed by atoms with Crippen LogP contribution in [0.25, 0.3) is 82.6 Å². The molecule has 11 aromatic rings. The average Bonchev–Trinajstić information content (AvgIpc) is 3.95. The monoisotopic (exact) mass is 732 g/mol. The number of nitrogens with one attached hydrogen (secondary N) is 2. The van der Waals surface area contributed by atoms with Gasteiger partial charge in [0, 0.05) is 49.4 Å². The number of benzene rings is 8. The Balaban J connectivity index is 1.16. The molecule has 0 saturated carbocycles. The zero-order valence-electron chi connectivity index (χ0n) is 30.9. The van der Waals surface area contributed by atoms with Crippen molar-refractivity contribution in [2.45, 2.75) is 12.2 Å². The van der Waals surface area contributed by atoms with Gasteiger partial charge < -0.3 is 18.9 Å². The van der Waals surface area contributed by atoms with Gasteiger partial charge in [-0.05, 0) is 65.2 Å². The maximum absolute atomic E-state index is 6.86. The second kappa shape index (κ2) is 12.6. The maximum atomic E-state index is 6.86. The highest BCUT2D eigenvalue weighted by atomic mass is 16.3. The first kappa shape index (κ1) is 32.0. The molecule has 8 aromatic carbocycles. The number of rotatable bonds is 5. The molecule has 5 nitrogen and oxygen atoms in total. The Labute approximate surface area is 328 Å². The molecule has 0 spiro atoms. The quantitative estimate of drug-likeness (QED) is 0.185. The number of nitrogens with zero attached hydrogens (tertiary/aromatic N) is 2. The summed E-state index contributed by atoms with van der Waals surface area (Å²) in [6.07, 6.45) is 2.14. The van der Waals surface area contributed by atoms with Crippen LogP contribution in [0.1, 0.15) is 28.9 Å². The van der Waals surface area contributed by atoms with Gasteiger partial charge in [-0.25, -0.2) is 0 Å². The van der Waals surface area contributed by atoms with Crippen LogP contribution in [0.2, 0.25) is 0 Å². The van der Waals surface area contributed by atoms with Crippen LogP contribution in [-0.4, -0.2) is 9.13 Å². The Morgan fingerprint density at radius 3 is 1.84 bits per heavy atom. The first-order chi connectivity index (χ1) is 28.3. The standard InChI is InChI=1S/C52H36N4O/c1-4-15-33(16-5-1)44-32-45(34-17-6-2-7-18-34)54-52(53-44)35-19-14-22-37(31-35)56-49-41(42-29-30-43-39-24-11-13-26-47(39)57-51(43)50(42)56)28-27-40-38-23-10-12-25-46(38)55(48(40)49)36-20-8-3-9-21-36/h1-32,44,52-54H. The fraction of sp³-hybridized carbons (Fsp3) is 0.0385. The molecule has 0 amide bonds. The van der Waals surface area contributed by atoms with Crippen molar-refractivity contribution in [1.29, 1.82) is 0 Å². The summed E-state index contributed by atoms with van der Waals surface area (Å²) in [5, 5.41) is 14.8. The molecule has 5 heteroatoms. The molecule has 0 saturated heterocycles. The fourth-order valence-corrected chi connectivity index (χ4v) is 9.23. The normalized spacial score (nSPS) is 15.9. The van der Waals surface area contributed by atoms with Gasteiger partial charge in [-0.2, -0.15) is 0 Å². The van der Waals surface area contributed by atoms with Gasteiger partial charge in [-0.3, -0.25) is 5.32 Å². The first-order valence-corrected chi connectivity index (χ1v) is 19.6. The van der Waals surface area contributed by atoms with E-state index in [-0.39, 0.29) is 12.2 Å². The molecule has 2 atom stereocenters. The minimum atomic E-state index is -0.162. The van der Waals surface area contributed by atoms with E-state index in [2.05, 4.69) is 208 Å². The molecule has 57 heavy (non-hydrogen) atoms. The lowest BCUT2D eigenvalue weighted by Gasteiger charge is -2.33. The van der Waals surface area contributed by atoms with E-state index < -0.39 is 0 Å². The second-order valence-electron chi connectivity index (χ2n) is 15.0. The molecule has 3 aromatic heterocycles. The predicted molar refractivity (Wildman–Crippen MR) is 235 cm³/mol. The number of fused-ring (bicyclic) bond motifs is 11. The molecule has 0 aliphatic carbocycles. The third-order valence-electron chi connectivity index (χ3n) is 11.8. The van der Waals surface area contributed by atoms with Gasteiger partial charge in [0.25, 0.3) is 0 Å². The van der Waals surface area contributed by atoms with Crippen molar-refractivity contribution in [3.8, 4) is 11.4 Å². The van der Waals surface area contributed by atoms with Crippen molar-refractivity contribution in [2.24, 2.45) is 0 Å². The van der Waals surface area contributed by atoms with E-state index >= 15 is 0 Å². The Hall–Kier alpha value is -7.34. The van der Waals surface area contributed by atoms with Crippen molar-refractivity contribution < 1.29 is 4.42 Å².